The lowest BCUT2D eigenvalue weighted by atomic mass is 10.1. The minimum atomic E-state index is -3.22. The average Bonchev–Trinajstić information content (AvgIpc) is 2.58. The maximum Gasteiger partial charge on any atom is 0.187 e. The standard InChI is InChI=1S/C17H18FN3O2S2/c1-12(14-5-9-16(10-6-14)25(2,22)23)20-21-17(24)19-11-13-3-7-15(18)8-4-13/h3-10H,11H2,1-2H3,(H2,19,21,24)/b20-12-. The lowest BCUT2D eigenvalue weighted by molar-refractivity contribution is 0.602. The molecule has 0 amide bonds. The van der Waals surface area contributed by atoms with Crippen LogP contribution >= 0.6 is 12.2 Å². The van der Waals surface area contributed by atoms with Crippen molar-refractivity contribution in [2.75, 3.05) is 6.26 Å². The highest BCUT2D eigenvalue weighted by Crippen LogP contribution is 2.11. The molecule has 2 rings (SSSR count). The summed E-state index contributed by atoms with van der Waals surface area (Å²) in [7, 11) is -3.22. The van der Waals surface area contributed by atoms with Crippen LogP contribution in [0.15, 0.2) is 58.5 Å². The highest BCUT2D eigenvalue weighted by atomic mass is 32.2. The van der Waals surface area contributed by atoms with Crippen molar-refractivity contribution in [3.05, 3.63) is 65.5 Å². The van der Waals surface area contributed by atoms with E-state index in [1.54, 1.807) is 31.2 Å². The molecule has 0 aliphatic rings. The third kappa shape index (κ3) is 5.91. The van der Waals surface area contributed by atoms with Gasteiger partial charge in [0.1, 0.15) is 5.82 Å². The fraction of sp³-hybridized carbons (Fsp3) is 0.176. The third-order valence-electron chi connectivity index (χ3n) is 3.39. The molecule has 0 unspecified atom stereocenters. The molecule has 2 N–H and O–H groups in total. The molecule has 0 fully saturated rings. The number of sulfone groups is 1. The zero-order valence-corrected chi connectivity index (χ0v) is 15.4. The van der Waals surface area contributed by atoms with E-state index in [0.29, 0.717) is 17.4 Å². The summed E-state index contributed by atoms with van der Waals surface area (Å²) >= 11 is 5.13. The molecule has 0 bridgehead atoms. The first-order valence-corrected chi connectivity index (χ1v) is 9.69. The van der Waals surface area contributed by atoms with Crippen LogP contribution in [0.4, 0.5) is 4.39 Å². The molecule has 0 atom stereocenters. The fourth-order valence-electron chi connectivity index (χ4n) is 1.97. The zero-order chi connectivity index (χ0) is 18.4. The minimum Gasteiger partial charge on any atom is -0.357 e. The van der Waals surface area contributed by atoms with Crippen LogP contribution in [0.5, 0.6) is 0 Å². The van der Waals surface area contributed by atoms with E-state index in [1.165, 1.54) is 24.3 Å². The van der Waals surface area contributed by atoms with Crippen LogP contribution in [-0.2, 0) is 16.4 Å². The molecule has 132 valence electrons. The van der Waals surface area contributed by atoms with Crippen molar-refractivity contribution >= 4 is 32.9 Å². The topological polar surface area (TPSA) is 70.6 Å². The van der Waals surface area contributed by atoms with E-state index >= 15 is 0 Å². The second-order valence-electron chi connectivity index (χ2n) is 5.41. The fourth-order valence-corrected chi connectivity index (χ4v) is 2.71. The molecule has 0 aliphatic carbocycles. The van der Waals surface area contributed by atoms with Gasteiger partial charge < -0.3 is 5.32 Å². The number of nitrogens with one attached hydrogen (secondary N) is 2. The van der Waals surface area contributed by atoms with E-state index in [4.69, 9.17) is 12.2 Å². The second-order valence-corrected chi connectivity index (χ2v) is 7.84. The molecule has 5 nitrogen and oxygen atoms in total. The van der Waals surface area contributed by atoms with E-state index < -0.39 is 9.84 Å². The number of thiocarbonyl (C=S) groups is 1. The maximum absolute atomic E-state index is 12.8. The SMILES string of the molecule is C/C(=N/NC(=S)NCc1ccc(F)cc1)c1ccc(S(C)(=O)=O)cc1. The van der Waals surface area contributed by atoms with Crippen LogP contribution in [0.25, 0.3) is 0 Å². The minimum absolute atomic E-state index is 0.258. The summed E-state index contributed by atoms with van der Waals surface area (Å²) in [5, 5.41) is 7.46. The van der Waals surface area contributed by atoms with Gasteiger partial charge >= 0.3 is 0 Å². The average molecular weight is 379 g/mol. The number of hydrogen-bond acceptors (Lipinski definition) is 4. The molecular formula is C17H18FN3O2S2. The van der Waals surface area contributed by atoms with Crippen molar-refractivity contribution in [2.45, 2.75) is 18.4 Å². The molecule has 2 aromatic rings. The van der Waals surface area contributed by atoms with Crippen molar-refractivity contribution < 1.29 is 12.8 Å². The molecule has 25 heavy (non-hydrogen) atoms. The number of hydrogen-bond donors (Lipinski definition) is 2. The first-order chi connectivity index (χ1) is 11.8. The van der Waals surface area contributed by atoms with E-state index in [9.17, 15) is 12.8 Å². The molecule has 0 saturated carbocycles. The number of halogens is 1. The lowest BCUT2D eigenvalue weighted by Gasteiger charge is -2.08. The van der Waals surface area contributed by atoms with E-state index in [0.717, 1.165) is 17.4 Å². The highest BCUT2D eigenvalue weighted by molar-refractivity contribution is 7.90. The van der Waals surface area contributed by atoms with Gasteiger partial charge in [0.05, 0.1) is 10.6 Å². The van der Waals surface area contributed by atoms with Crippen molar-refractivity contribution in [1.82, 2.24) is 10.7 Å². The van der Waals surface area contributed by atoms with Gasteiger partial charge in [-0.05, 0) is 54.5 Å². The van der Waals surface area contributed by atoms with Gasteiger partial charge in [-0.3, -0.25) is 5.43 Å². The Labute approximate surface area is 151 Å². The Morgan fingerprint density at radius 2 is 1.72 bits per heavy atom. The summed E-state index contributed by atoms with van der Waals surface area (Å²) in [6.07, 6.45) is 1.16. The van der Waals surface area contributed by atoms with Gasteiger partial charge in [-0.15, -0.1) is 0 Å². The Bertz CT molecular complexity index is 877. The van der Waals surface area contributed by atoms with Gasteiger partial charge in [0.15, 0.2) is 14.9 Å². The molecule has 0 aliphatic heterocycles. The van der Waals surface area contributed by atoms with E-state index in [-0.39, 0.29) is 10.7 Å². The molecule has 0 radical (unpaired) electrons. The Balaban J connectivity index is 1.91. The van der Waals surface area contributed by atoms with Crippen molar-refractivity contribution in [3.8, 4) is 0 Å². The molecule has 0 heterocycles. The van der Waals surface area contributed by atoms with Gasteiger partial charge in [0.2, 0.25) is 0 Å². The van der Waals surface area contributed by atoms with Gasteiger partial charge in [0.25, 0.3) is 0 Å². The Morgan fingerprint density at radius 3 is 2.28 bits per heavy atom. The van der Waals surface area contributed by atoms with Crippen LogP contribution < -0.4 is 10.7 Å². The van der Waals surface area contributed by atoms with Crippen LogP contribution in [0, 0.1) is 5.82 Å². The van der Waals surface area contributed by atoms with Crippen LogP contribution in [-0.4, -0.2) is 25.5 Å². The van der Waals surface area contributed by atoms with Gasteiger partial charge in [-0.2, -0.15) is 5.10 Å². The van der Waals surface area contributed by atoms with Crippen LogP contribution in [0.3, 0.4) is 0 Å². The molecule has 0 spiro atoms. The third-order valence-corrected chi connectivity index (χ3v) is 4.76. The van der Waals surface area contributed by atoms with Crippen LogP contribution in [0.2, 0.25) is 0 Å². The van der Waals surface area contributed by atoms with Gasteiger partial charge in [-0.25, -0.2) is 12.8 Å². The Kier molecular flexibility index (Phi) is 6.22. The maximum atomic E-state index is 12.8. The summed E-state index contributed by atoms with van der Waals surface area (Å²) in [6.45, 7) is 2.23. The van der Waals surface area contributed by atoms with Crippen molar-refractivity contribution in [1.29, 1.82) is 0 Å². The number of nitrogens with zero attached hydrogens (tertiary/aromatic N) is 1. The molecule has 0 aromatic heterocycles. The Morgan fingerprint density at radius 1 is 1.12 bits per heavy atom. The van der Waals surface area contributed by atoms with Crippen LogP contribution in [0.1, 0.15) is 18.1 Å². The first-order valence-electron chi connectivity index (χ1n) is 7.39. The summed E-state index contributed by atoms with van der Waals surface area (Å²) in [4.78, 5) is 0.258. The predicted octanol–water partition coefficient (Wildman–Crippen LogP) is 2.62. The second kappa shape index (κ2) is 8.17. The largest absolute Gasteiger partial charge is 0.357 e. The number of rotatable bonds is 5. The van der Waals surface area contributed by atoms with Gasteiger partial charge in [0, 0.05) is 12.8 Å². The monoisotopic (exact) mass is 379 g/mol. The highest BCUT2D eigenvalue weighted by Gasteiger charge is 2.07. The number of benzene rings is 2. The quantitative estimate of drug-likeness (QED) is 0.475. The molecule has 8 heteroatoms. The normalized spacial score (nSPS) is 11.9. The Hall–Kier alpha value is -2.32. The molecule has 0 saturated heterocycles. The smallest absolute Gasteiger partial charge is 0.187 e. The van der Waals surface area contributed by atoms with E-state index in [2.05, 4.69) is 15.8 Å². The molecule has 2 aromatic carbocycles. The summed E-state index contributed by atoms with van der Waals surface area (Å²) < 4.78 is 35.7. The molecular weight excluding hydrogens is 361 g/mol. The lowest BCUT2D eigenvalue weighted by Crippen LogP contribution is -2.32. The summed E-state index contributed by atoms with van der Waals surface area (Å²) in [5.41, 5.74) is 5.05. The summed E-state index contributed by atoms with van der Waals surface area (Å²) in [5.74, 6) is -0.286. The first kappa shape index (κ1) is 19.0. The zero-order valence-electron chi connectivity index (χ0n) is 13.8. The van der Waals surface area contributed by atoms with Crippen molar-refractivity contribution in [2.24, 2.45) is 5.10 Å². The van der Waals surface area contributed by atoms with Crippen molar-refractivity contribution in [3.63, 3.8) is 0 Å². The predicted molar refractivity (Wildman–Crippen MR) is 101 cm³/mol. The summed E-state index contributed by atoms with van der Waals surface area (Å²) in [6, 6.07) is 12.6. The van der Waals surface area contributed by atoms with Gasteiger partial charge in [-0.1, -0.05) is 24.3 Å². The number of hydrazone groups is 1. The van der Waals surface area contributed by atoms with E-state index in [1.807, 2.05) is 0 Å².